The summed E-state index contributed by atoms with van der Waals surface area (Å²) in [4.78, 5) is 21.7. The Bertz CT molecular complexity index is 140. The molecule has 0 aliphatic carbocycles. The topological polar surface area (TPSA) is 46.6 Å². The number of methoxy groups -OCH3 is 1. The van der Waals surface area contributed by atoms with E-state index in [1.54, 1.807) is 13.3 Å². The average Bonchev–Trinajstić information content (AvgIpc) is 2.00. The summed E-state index contributed by atoms with van der Waals surface area (Å²) < 4.78 is 4.38. The van der Waals surface area contributed by atoms with Crippen LogP contribution in [0.25, 0.3) is 0 Å². The van der Waals surface area contributed by atoms with Crippen molar-refractivity contribution >= 4 is 12.4 Å². The number of ether oxygens (including phenoxy) is 1. The van der Waals surface area contributed by atoms with Crippen LogP contribution in [0.5, 0.6) is 0 Å². The molecule has 1 amide bonds. The number of likely N-dealkylation sites (N-methyl/N-ethyl adjacent to an activating group) is 1. The summed E-state index contributed by atoms with van der Waals surface area (Å²) in [5, 5.41) is 0. The molecule has 0 aromatic heterocycles. The Morgan fingerprint density at radius 1 is 1.64 bits per heavy atom. The van der Waals surface area contributed by atoms with Gasteiger partial charge in [0.1, 0.15) is 0 Å². The number of nitrogens with zero attached hydrogens (tertiary/aromatic N) is 1. The summed E-state index contributed by atoms with van der Waals surface area (Å²) in [5.41, 5.74) is 0. The van der Waals surface area contributed by atoms with Crippen LogP contribution in [-0.2, 0) is 47.0 Å². The minimum Gasteiger partial charge on any atom is -0.520 e. The van der Waals surface area contributed by atoms with Crippen molar-refractivity contribution in [1.82, 2.24) is 4.90 Å². The predicted octanol–water partition coefficient (Wildman–Crippen LogP) is -0.456. The van der Waals surface area contributed by atoms with E-state index in [1.165, 1.54) is 14.2 Å². The van der Waals surface area contributed by atoms with Gasteiger partial charge in [-0.05, 0) is 14.0 Å². The minimum atomic E-state index is -0.553. The third-order valence-corrected chi connectivity index (χ3v) is 1.27. The quantitative estimate of drug-likeness (QED) is 0.376. The van der Waals surface area contributed by atoms with Gasteiger partial charge in [-0.25, -0.2) is 4.79 Å². The molecule has 0 aliphatic rings. The molecule has 0 N–H and O–H groups in total. The number of amides is 1. The second-order valence-corrected chi connectivity index (χ2v) is 1.90. The Kier molecular flexibility index (Phi) is 8.34. The molecule has 0 bridgehead atoms. The van der Waals surface area contributed by atoms with Gasteiger partial charge in [0.25, 0.3) is 0 Å². The molecule has 0 rings (SSSR count). The van der Waals surface area contributed by atoms with Crippen LogP contribution in [0, 0.1) is 0 Å². The van der Waals surface area contributed by atoms with Gasteiger partial charge in [-0.2, -0.15) is 6.41 Å². The minimum absolute atomic E-state index is 0. The van der Waals surface area contributed by atoms with Crippen LogP contribution >= 0.6 is 0 Å². The fourth-order valence-corrected chi connectivity index (χ4v) is 0.408. The Hall–Kier alpha value is 0.0439. The van der Waals surface area contributed by atoms with E-state index >= 15 is 0 Å². The molecule has 0 spiro atoms. The molecule has 61 valence electrons. The zero-order valence-corrected chi connectivity index (χ0v) is 9.66. The largest absolute Gasteiger partial charge is 0.520 e. The molecule has 0 fully saturated rings. The zero-order valence-electron chi connectivity index (χ0n) is 6.83. The van der Waals surface area contributed by atoms with Gasteiger partial charge in [-0.15, -0.1) is 0 Å². The van der Waals surface area contributed by atoms with Crippen LogP contribution in [-0.4, -0.2) is 37.5 Å². The van der Waals surface area contributed by atoms with Crippen LogP contribution in [0.1, 0.15) is 6.92 Å². The maximum absolute atomic E-state index is 10.7. The molecule has 0 aromatic carbocycles. The van der Waals surface area contributed by atoms with Crippen molar-refractivity contribution in [3.63, 3.8) is 0 Å². The van der Waals surface area contributed by atoms with Crippen molar-refractivity contribution in [1.29, 1.82) is 0 Å². The van der Waals surface area contributed by atoms with Crippen molar-refractivity contribution in [2.75, 3.05) is 14.2 Å². The number of rotatable bonds is 3. The van der Waals surface area contributed by atoms with Crippen molar-refractivity contribution in [2.24, 2.45) is 0 Å². The summed E-state index contributed by atoms with van der Waals surface area (Å²) in [6.45, 7) is 1.57. The van der Waals surface area contributed by atoms with Crippen LogP contribution in [0.4, 0.5) is 0 Å². The summed E-state index contributed by atoms with van der Waals surface area (Å²) in [6.07, 6.45) is 1.56. The molecular weight excluding hydrogens is 223 g/mol. The second-order valence-electron chi connectivity index (χ2n) is 1.90. The zero-order chi connectivity index (χ0) is 8.15. The van der Waals surface area contributed by atoms with Gasteiger partial charge in [0.15, 0.2) is 0 Å². The normalized spacial score (nSPS) is 10.8. The Morgan fingerprint density at radius 2 is 2.09 bits per heavy atom. The standard InChI is InChI=1S/C6H10NO3.Y/c1-5(6(9)10-3)7(2)4-8;/h5H,1-3H3;/q-1;. The Balaban J connectivity index is 0. The fourth-order valence-electron chi connectivity index (χ4n) is 0.408. The summed E-state index contributed by atoms with van der Waals surface area (Å²) in [6, 6.07) is -0.553. The van der Waals surface area contributed by atoms with Gasteiger partial charge in [0.05, 0.1) is 13.2 Å². The number of esters is 1. The van der Waals surface area contributed by atoms with Gasteiger partial charge in [0.2, 0.25) is 0 Å². The molecular formula is C6H10NO3Y-. The molecule has 5 heteroatoms. The molecule has 11 heavy (non-hydrogen) atoms. The maximum atomic E-state index is 10.7. The summed E-state index contributed by atoms with van der Waals surface area (Å²) >= 11 is 0. The Labute approximate surface area is 91.1 Å². The first-order chi connectivity index (χ1) is 4.63. The third kappa shape index (κ3) is 4.48. The van der Waals surface area contributed by atoms with Crippen LogP contribution in [0.2, 0.25) is 0 Å². The average molecular weight is 233 g/mol. The number of hydrogen-bond donors (Lipinski definition) is 0. The van der Waals surface area contributed by atoms with Gasteiger partial charge >= 0.3 is 5.97 Å². The third-order valence-electron chi connectivity index (χ3n) is 1.27. The molecule has 0 aromatic rings. The van der Waals surface area contributed by atoms with E-state index in [4.69, 9.17) is 0 Å². The maximum Gasteiger partial charge on any atom is 0.325 e. The second kappa shape index (κ2) is 6.74. The smallest absolute Gasteiger partial charge is 0.325 e. The van der Waals surface area contributed by atoms with Crippen LogP contribution < -0.4 is 0 Å². The molecule has 0 saturated carbocycles. The Morgan fingerprint density at radius 3 is 2.36 bits per heavy atom. The van der Waals surface area contributed by atoms with E-state index in [0.29, 0.717) is 0 Å². The van der Waals surface area contributed by atoms with E-state index in [1.807, 2.05) is 0 Å². The summed E-state index contributed by atoms with van der Waals surface area (Å²) in [5.74, 6) is -0.439. The van der Waals surface area contributed by atoms with Gasteiger partial charge in [0, 0.05) is 32.7 Å². The first-order valence-electron chi connectivity index (χ1n) is 2.82. The van der Waals surface area contributed by atoms with E-state index in [-0.39, 0.29) is 32.7 Å². The monoisotopic (exact) mass is 233 g/mol. The predicted molar refractivity (Wildman–Crippen MR) is 34.9 cm³/mol. The number of hydrogen-bond acceptors (Lipinski definition) is 3. The fraction of sp³-hybridized carbons (Fsp3) is 0.667. The van der Waals surface area contributed by atoms with Gasteiger partial charge in [-0.3, -0.25) is 0 Å². The molecule has 4 nitrogen and oxygen atoms in total. The van der Waals surface area contributed by atoms with E-state index < -0.39 is 12.0 Å². The van der Waals surface area contributed by atoms with Crippen LogP contribution in [0.15, 0.2) is 0 Å². The molecule has 0 aliphatic heterocycles. The molecule has 0 saturated heterocycles. The molecule has 1 atom stereocenters. The first kappa shape index (κ1) is 13.6. The number of carbonyl (C=O) groups is 1. The molecule has 0 heterocycles. The number of carbonyl (C=O) groups excluding carboxylic acids is 2. The first-order valence-corrected chi connectivity index (χ1v) is 2.82. The summed E-state index contributed by atoms with van der Waals surface area (Å²) in [7, 11) is 2.74. The van der Waals surface area contributed by atoms with Crippen molar-refractivity contribution < 1.29 is 47.0 Å². The van der Waals surface area contributed by atoms with Crippen molar-refractivity contribution in [3.05, 3.63) is 0 Å². The van der Waals surface area contributed by atoms with E-state index in [9.17, 15) is 9.59 Å². The SMILES string of the molecule is COC(=O)C(C)N(C)[C-]=O.[Y]. The van der Waals surface area contributed by atoms with Gasteiger partial charge in [-0.1, -0.05) is 0 Å². The van der Waals surface area contributed by atoms with Crippen molar-refractivity contribution in [3.8, 4) is 0 Å². The van der Waals surface area contributed by atoms with Crippen molar-refractivity contribution in [2.45, 2.75) is 13.0 Å². The van der Waals surface area contributed by atoms with E-state index in [2.05, 4.69) is 4.74 Å². The van der Waals surface area contributed by atoms with Crippen LogP contribution in [0.3, 0.4) is 0 Å². The van der Waals surface area contributed by atoms with Gasteiger partial charge < -0.3 is 14.4 Å². The van der Waals surface area contributed by atoms with E-state index in [0.717, 1.165) is 4.90 Å². The molecule has 1 radical (unpaired) electrons. The molecule has 1 unspecified atom stereocenters.